The quantitative estimate of drug-likeness (QED) is 0.115. The summed E-state index contributed by atoms with van der Waals surface area (Å²) in [6.07, 6.45) is 0.567. The summed E-state index contributed by atoms with van der Waals surface area (Å²) in [6, 6.07) is 9.01. The highest BCUT2D eigenvalue weighted by atomic mass is 16.4. The number of likely N-dealkylation sites (tertiary alicyclic amines) is 1. The number of hydrogen-bond donors (Lipinski definition) is 8. The largest absolute Gasteiger partial charge is 0.508 e. The average molecular weight is 713 g/mol. The molecule has 278 valence electrons. The summed E-state index contributed by atoms with van der Waals surface area (Å²) in [5.74, 6) is -5.60. The lowest BCUT2D eigenvalue weighted by molar-refractivity contribution is -0.141. The van der Waals surface area contributed by atoms with Crippen molar-refractivity contribution in [3.63, 3.8) is 0 Å². The predicted octanol–water partition coefficient (Wildman–Crippen LogP) is 0.0471. The smallest absolute Gasteiger partial charge is 0.305 e. The molecule has 1 aliphatic heterocycles. The van der Waals surface area contributed by atoms with Crippen molar-refractivity contribution in [2.45, 2.75) is 89.5 Å². The van der Waals surface area contributed by atoms with Crippen LogP contribution in [0.5, 0.6) is 5.75 Å². The maximum absolute atomic E-state index is 13.9. The van der Waals surface area contributed by atoms with Crippen LogP contribution < -0.4 is 27.4 Å². The third-order valence-corrected chi connectivity index (χ3v) is 7.84. The highest BCUT2D eigenvalue weighted by molar-refractivity contribution is 5.96. The molecule has 16 nitrogen and oxygen atoms in total. The van der Waals surface area contributed by atoms with Gasteiger partial charge in [-0.2, -0.15) is 0 Å². The van der Waals surface area contributed by atoms with Crippen LogP contribution >= 0.6 is 0 Å². The number of phenolic OH excluding ortho intramolecular Hbond substituents is 1. The Balaban J connectivity index is 0.00000213. The number of carbonyl (C=O) groups excluding carboxylic acids is 5. The first-order valence-corrected chi connectivity index (χ1v) is 16.5. The van der Waals surface area contributed by atoms with Gasteiger partial charge in [-0.1, -0.05) is 56.3 Å². The van der Waals surface area contributed by atoms with E-state index < -0.39 is 72.2 Å². The Morgan fingerprint density at radius 3 is 1.84 bits per heavy atom. The first-order valence-electron chi connectivity index (χ1n) is 16.5. The Kier molecular flexibility index (Phi) is 16.5. The summed E-state index contributed by atoms with van der Waals surface area (Å²) < 4.78 is 0. The molecule has 5 atom stereocenters. The molecule has 0 aromatic heterocycles. The highest BCUT2D eigenvalue weighted by Gasteiger charge is 2.38. The van der Waals surface area contributed by atoms with Gasteiger partial charge in [0.2, 0.25) is 29.5 Å². The molecular formula is C35H48N6O10. The van der Waals surface area contributed by atoms with Gasteiger partial charge < -0.3 is 47.6 Å². The molecule has 1 fully saturated rings. The topological polar surface area (TPSA) is 272 Å². The van der Waals surface area contributed by atoms with Crippen LogP contribution in [-0.2, 0) is 46.4 Å². The fraction of sp³-hybridized carbons (Fsp3) is 0.457. The van der Waals surface area contributed by atoms with E-state index in [0.717, 1.165) is 6.92 Å². The number of benzene rings is 2. The van der Waals surface area contributed by atoms with Gasteiger partial charge in [0.05, 0.1) is 12.5 Å². The van der Waals surface area contributed by atoms with Gasteiger partial charge in [-0.15, -0.1) is 0 Å². The second-order valence-electron chi connectivity index (χ2n) is 12.7. The molecule has 3 rings (SSSR count). The molecule has 0 aliphatic carbocycles. The number of phenols is 1. The number of carboxylic acid groups (broad SMARTS) is 2. The third kappa shape index (κ3) is 14.5. The number of aliphatic carboxylic acids is 2. The van der Waals surface area contributed by atoms with Gasteiger partial charge in [-0.05, 0) is 48.4 Å². The van der Waals surface area contributed by atoms with E-state index in [1.165, 1.54) is 17.0 Å². The van der Waals surface area contributed by atoms with Gasteiger partial charge in [0.25, 0.3) is 5.97 Å². The minimum Gasteiger partial charge on any atom is -0.508 e. The van der Waals surface area contributed by atoms with Crippen molar-refractivity contribution in [1.29, 1.82) is 0 Å². The first kappa shape index (κ1) is 41.7. The van der Waals surface area contributed by atoms with Crippen molar-refractivity contribution in [2.75, 3.05) is 6.54 Å². The summed E-state index contributed by atoms with van der Waals surface area (Å²) >= 11 is 0. The first-order chi connectivity index (χ1) is 24.0. The van der Waals surface area contributed by atoms with Crippen molar-refractivity contribution >= 4 is 41.5 Å². The second kappa shape index (κ2) is 20.2. The molecule has 16 heteroatoms. The van der Waals surface area contributed by atoms with Gasteiger partial charge in [-0.3, -0.25) is 33.6 Å². The van der Waals surface area contributed by atoms with Crippen LogP contribution in [0.15, 0.2) is 54.6 Å². The molecule has 51 heavy (non-hydrogen) atoms. The lowest BCUT2D eigenvalue weighted by Crippen LogP contribution is -2.59. The van der Waals surface area contributed by atoms with Crippen LogP contribution in [0, 0.1) is 5.92 Å². The summed E-state index contributed by atoms with van der Waals surface area (Å²) in [7, 11) is 0. The number of nitrogens with one attached hydrogen (secondary N) is 3. The number of primary amides is 1. The molecule has 1 saturated heterocycles. The van der Waals surface area contributed by atoms with Crippen molar-refractivity contribution in [1.82, 2.24) is 20.9 Å². The van der Waals surface area contributed by atoms with Gasteiger partial charge >= 0.3 is 5.97 Å². The van der Waals surface area contributed by atoms with Gasteiger partial charge in [0.1, 0.15) is 29.9 Å². The average Bonchev–Trinajstić information content (AvgIpc) is 3.54. The molecule has 10 N–H and O–H groups in total. The molecule has 5 amide bonds. The normalized spacial score (nSPS) is 16.0. The Morgan fingerprint density at radius 1 is 0.824 bits per heavy atom. The zero-order valence-corrected chi connectivity index (χ0v) is 28.9. The van der Waals surface area contributed by atoms with E-state index in [0.29, 0.717) is 36.9 Å². The van der Waals surface area contributed by atoms with Crippen LogP contribution in [0.2, 0.25) is 0 Å². The molecule has 1 aliphatic rings. The zero-order chi connectivity index (χ0) is 38.2. The summed E-state index contributed by atoms with van der Waals surface area (Å²) in [6.45, 7) is 5.31. The van der Waals surface area contributed by atoms with Crippen molar-refractivity contribution in [3.8, 4) is 5.75 Å². The van der Waals surface area contributed by atoms with Gasteiger partial charge in [0.15, 0.2) is 0 Å². The summed E-state index contributed by atoms with van der Waals surface area (Å²) in [5, 5.41) is 34.0. The fourth-order valence-electron chi connectivity index (χ4n) is 5.47. The van der Waals surface area contributed by atoms with Crippen LogP contribution in [0.4, 0.5) is 0 Å². The SMILES string of the molecule is CC(=O)O.CC(C)C[C@H](N)C(=O)N1CCC[C@H]1C(=O)N[C@@H](Cc1ccc(O)cc1)C(=O)N[C@@H](Cc1ccccc1)C(=O)N[C@@H](CC(=O)O)C(N)=O. The van der Waals surface area contributed by atoms with E-state index in [9.17, 15) is 39.0 Å². The maximum atomic E-state index is 13.9. The molecular weight excluding hydrogens is 664 g/mol. The molecule has 2 aromatic rings. The number of carboxylic acids is 2. The number of carbonyl (C=O) groups is 7. The molecule has 0 spiro atoms. The monoisotopic (exact) mass is 712 g/mol. The van der Waals surface area contributed by atoms with Crippen LogP contribution in [0.1, 0.15) is 57.6 Å². The number of amides is 5. The van der Waals surface area contributed by atoms with E-state index in [-0.39, 0.29) is 30.4 Å². The second-order valence-corrected chi connectivity index (χ2v) is 12.7. The standard InChI is InChI=1S/C33H44N6O8.C2H4O2/c1-19(2)15-23(34)33(47)39-14-6-9-27(39)32(46)38-26(17-21-10-12-22(40)13-11-21)31(45)37-25(16-20-7-4-3-5-8-20)30(44)36-24(29(35)43)18-28(41)42;1-2(3)4/h3-5,7-8,10-13,19,23-27,40H,6,9,14-18,34H2,1-2H3,(H2,35,43)(H,36,44)(H,37,45)(H,38,46)(H,41,42);1H3,(H,3,4)/t23-,24-,25-,26-,27-;/m0./s1. The number of hydrogen-bond acceptors (Lipinski definition) is 9. The van der Waals surface area contributed by atoms with E-state index in [2.05, 4.69) is 16.0 Å². The van der Waals surface area contributed by atoms with Crippen molar-refractivity contribution in [2.24, 2.45) is 17.4 Å². The Morgan fingerprint density at radius 2 is 1.33 bits per heavy atom. The molecule has 0 radical (unpaired) electrons. The minimum absolute atomic E-state index is 0.00148. The molecule has 0 saturated carbocycles. The highest BCUT2D eigenvalue weighted by Crippen LogP contribution is 2.21. The number of aromatic hydroxyl groups is 1. The van der Waals surface area contributed by atoms with Crippen molar-refractivity contribution < 1.29 is 48.9 Å². The van der Waals surface area contributed by atoms with Crippen molar-refractivity contribution in [3.05, 3.63) is 65.7 Å². The van der Waals surface area contributed by atoms with Gasteiger partial charge in [-0.25, -0.2) is 0 Å². The van der Waals surface area contributed by atoms with Crippen LogP contribution in [0.3, 0.4) is 0 Å². The van der Waals surface area contributed by atoms with E-state index >= 15 is 0 Å². The summed E-state index contributed by atoms with van der Waals surface area (Å²) in [4.78, 5) is 87.6. The van der Waals surface area contributed by atoms with E-state index in [4.69, 9.17) is 21.4 Å². The van der Waals surface area contributed by atoms with Gasteiger partial charge in [0, 0.05) is 26.3 Å². The Labute approximate surface area is 295 Å². The van der Waals surface area contributed by atoms with Crippen LogP contribution in [0.25, 0.3) is 0 Å². The Bertz CT molecular complexity index is 1510. The molecule has 2 aromatic carbocycles. The molecule has 0 bridgehead atoms. The number of nitrogens with two attached hydrogens (primary N) is 2. The Hall–Kier alpha value is -5.51. The minimum atomic E-state index is -1.53. The van der Waals surface area contributed by atoms with E-state index in [1.54, 1.807) is 42.5 Å². The number of nitrogens with zero attached hydrogens (tertiary/aromatic N) is 1. The van der Waals surface area contributed by atoms with E-state index in [1.807, 2.05) is 13.8 Å². The lowest BCUT2D eigenvalue weighted by Gasteiger charge is -2.29. The molecule has 0 unspecified atom stereocenters. The van der Waals surface area contributed by atoms with Crippen LogP contribution in [-0.4, -0.2) is 98.4 Å². The summed E-state index contributed by atoms with van der Waals surface area (Å²) in [5.41, 5.74) is 12.7. The zero-order valence-electron chi connectivity index (χ0n) is 28.9. The maximum Gasteiger partial charge on any atom is 0.305 e. The third-order valence-electron chi connectivity index (χ3n) is 7.84. The number of rotatable bonds is 16. The predicted molar refractivity (Wildman–Crippen MR) is 185 cm³/mol. The molecule has 1 heterocycles. The fourth-order valence-corrected chi connectivity index (χ4v) is 5.47. The lowest BCUT2D eigenvalue weighted by atomic mass is 10.0.